The van der Waals surface area contributed by atoms with E-state index < -0.39 is 0 Å². The molecular formula is C18H19Cl2N3O2. The summed E-state index contributed by atoms with van der Waals surface area (Å²) in [5, 5.41) is 6.69. The highest BCUT2D eigenvalue weighted by atomic mass is 35.5. The van der Waals surface area contributed by atoms with Gasteiger partial charge in [-0.05, 0) is 44.0 Å². The number of hydrogen-bond donors (Lipinski definition) is 2. The van der Waals surface area contributed by atoms with E-state index in [0.29, 0.717) is 34.1 Å². The van der Waals surface area contributed by atoms with Crippen molar-refractivity contribution in [3.05, 3.63) is 63.4 Å². The van der Waals surface area contributed by atoms with Crippen molar-refractivity contribution in [3.63, 3.8) is 0 Å². The van der Waals surface area contributed by atoms with Crippen molar-refractivity contribution in [1.29, 1.82) is 0 Å². The molecule has 0 atom stereocenters. The van der Waals surface area contributed by atoms with Crippen LogP contribution in [0.4, 0.5) is 0 Å². The minimum atomic E-state index is -0.295. The lowest BCUT2D eigenvalue weighted by molar-refractivity contribution is 0.0942. The van der Waals surface area contributed by atoms with Crippen molar-refractivity contribution in [2.24, 2.45) is 0 Å². The van der Waals surface area contributed by atoms with Crippen molar-refractivity contribution in [1.82, 2.24) is 15.6 Å². The van der Waals surface area contributed by atoms with Crippen LogP contribution in [-0.4, -0.2) is 29.4 Å². The van der Waals surface area contributed by atoms with Gasteiger partial charge in [0.05, 0.1) is 11.1 Å². The van der Waals surface area contributed by atoms with Gasteiger partial charge in [-0.3, -0.25) is 14.6 Å². The molecule has 25 heavy (non-hydrogen) atoms. The Hall–Kier alpha value is -2.11. The quantitative estimate of drug-likeness (QED) is 0.806. The van der Waals surface area contributed by atoms with Crippen LogP contribution >= 0.6 is 23.2 Å². The summed E-state index contributed by atoms with van der Waals surface area (Å²) in [6.07, 6.45) is 3.43. The van der Waals surface area contributed by atoms with Crippen molar-refractivity contribution in [3.8, 4) is 0 Å². The number of halogens is 2. The Morgan fingerprint density at radius 2 is 1.76 bits per heavy atom. The minimum absolute atomic E-state index is 0.00843. The number of pyridine rings is 1. The summed E-state index contributed by atoms with van der Waals surface area (Å²) in [7, 11) is 0. The maximum atomic E-state index is 12.2. The fourth-order valence-corrected chi connectivity index (χ4v) is 2.67. The van der Waals surface area contributed by atoms with Crippen molar-refractivity contribution in [2.45, 2.75) is 26.3 Å². The first kappa shape index (κ1) is 19.2. The summed E-state index contributed by atoms with van der Waals surface area (Å²) < 4.78 is 0. The predicted molar refractivity (Wildman–Crippen MR) is 99.3 cm³/mol. The van der Waals surface area contributed by atoms with Crippen LogP contribution in [0.5, 0.6) is 0 Å². The molecule has 0 bridgehead atoms. The van der Waals surface area contributed by atoms with Crippen LogP contribution < -0.4 is 10.6 Å². The van der Waals surface area contributed by atoms with Gasteiger partial charge < -0.3 is 10.6 Å². The van der Waals surface area contributed by atoms with E-state index in [1.165, 1.54) is 18.5 Å². The summed E-state index contributed by atoms with van der Waals surface area (Å²) in [5.74, 6) is -0.554. The van der Waals surface area contributed by atoms with E-state index in [9.17, 15) is 9.59 Å². The summed E-state index contributed by atoms with van der Waals surface area (Å²) in [6, 6.07) is 6.78. The Kier molecular flexibility index (Phi) is 6.79. The second kappa shape index (κ2) is 8.83. The highest BCUT2D eigenvalue weighted by molar-refractivity contribution is 6.35. The molecule has 7 heteroatoms. The molecule has 2 amide bonds. The maximum absolute atomic E-state index is 12.2. The number of aromatic nitrogens is 1. The van der Waals surface area contributed by atoms with Crippen molar-refractivity contribution < 1.29 is 9.59 Å². The molecule has 0 aliphatic carbocycles. The number of amides is 2. The Morgan fingerprint density at radius 3 is 2.40 bits per heavy atom. The second-order valence-corrected chi connectivity index (χ2v) is 6.68. The Labute approximate surface area is 156 Å². The largest absolute Gasteiger partial charge is 0.352 e. The molecule has 1 aromatic heterocycles. The van der Waals surface area contributed by atoms with Gasteiger partial charge in [0.1, 0.15) is 0 Å². The number of nitrogens with one attached hydrogen (secondary N) is 2. The van der Waals surface area contributed by atoms with Crippen LogP contribution in [0.3, 0.4) is 0 Å². The first-order chi connectivity index (χ1) is 11.9. The van der Waals surface area contributed by atoms with E-state index in [1.807, 2.05) is 19.9 Å². The molecule has 2 aromatic rings. The summed E-state index contributed by atoms with van der Waals surface area (Å²) in [5.41, 5.74) is 1.58. The summed E-state index contributed by atoms with van der Waals surface area (Å²) >= 11 is 12.0. The van der Waals surface area contributed by atoms with E-state index in [-0.39, 0.29) is 17.9 Å². The van der Waals surface area contributed by atoms with Crippen LogP contribution in [0.25, 0.3) is 0 Å². The average Bonchev–Trinajstić information content (AvgIpc) is 2.56. The zero-order valence-corrected chi connectivity index (χ0v) is 15.5. The first-order valence-electron chi connectivity index (χ1n) is 7.85. The topological polar surface area (TPSA) is 71.1 Å². The molecule has 0 saturated carbocycles. The van der Waals surface area contributed by atoms with Gasteiger partial charge in [-0.1, -0.05) is 29.3 Å². The molecular weight excluding hydrogens is 361 g/mol. The lowest BCUT2D eigenvalue weighted by atomic mass is 10.1. The van der Waals surface area contributed by atoms with E-state index in [2.05, 4.69) is 15.6 Å². The van der Waals surface area contributed by atoms with Gasteiger partial charge >= 0.3 is 0 Å². The minimum Gasteiger partial charge on any atom is -0.352 e. The molecule has 0 aliphatic heterocycles. The lowest BCUT2D eigenvalue weighted by Crippen LogP contribution is -2.31. The molecule has 1 heterocycles. The van der Waals surface area contributed by atoms with Gasteiger partial charge in [0.15, 0.2) is 0 Å². The monoisotopic (exact) mass is 379 g/mol. The van der Waals surface area contributed by atoms with Gasteiger partial charge in [-0.2, -0.15) is 0 Å². The predicted octanol–water partition coefficient (Wildman–Crippen LogP) is 3.50. The zero-order valence-electron chi connectivity index (χ0n) is 14.0. The molecule has 1 aromatic carbocycles. The van der Waals surface area contributed by atoms with E-state index in [1.54, 1.807) is 12.1 Å². The number of benzene rings is 1. The Morgan fingerprint density at radius 1 is 1.08 bits per heavy atom. The molecule has 0 fully saturated rings. The molecule has 2 rings (SSSR count). The molecule has 5 nitrogen and oxygen atoms in total. The van der Waals surface area contributed by atoms with Gasteiger partial charge in [0.25, 0.3) is 11.8 Å². The van der Waals surface area contributed by atoms with E-state index >= 15 is 0 Å². The van der Waals surface area contributed by atoms with E-state index in [0.717, 1.165) is 5.56 Å². The smallest absolute Gasteiger partial charge is 0.253 e. The van der Waals surface area contributed by atoms with Crippen LogP contribution in [-0.2, 0) is 6.42 Å². The first-order valence-corrected chi connectivity index (χ1v) is 8.60. The fourth-order valence-electron chi connectivity index (χ4n) is 2.17. The molecule has 0 radical (unpaired) electrons. The molecule has 132 valence electrons. The summed E-state index contributed by atoms with van der Waals surface area (Å²) in [6.45, 7) is 4.14. The third-order valence-corrected chi connectivity index (χ3v) is 3.96. The second-order valence-electron chi connectivity index (χ2n) is 5.83. The number of rotatable bonds is 6. The van der Waals surface area contributed by atoms with Crippen molar-refractivity contribution in [2.75, 3.05) is 6.54 Å². The van der Waals surface area contributed by atoms with E-state index in [4.69, 9.17) is 23.2 Å². The third kappa shape index (κ3) is 5.73. The SMILES string of the molecule is CC(C)NC(=O)c1cncc(C(=O)NCCc2ccc(Cl)cc2Cl)c1. The van der Waals surface area contributed by atoms with Crippen LogP contribution in [0.1, 0.15) is 40.1 Å². The average molecular weight is 380 g/mol. The fraction of sp³-hybridized carbons (Fsp3) is 0.278. The number of carbonyl (C=O) groups excluding carboxylic acids is 2. The number of carbonyl (C=O) groups is 2. The van der Waals surface area contributed by atoms with Gasteiger partial charge in [-0.25, -0.2) is 0 Å². The highest BCUT2D eigenvalue weighted by Crippen LogP contribution is 2.21. The standard InChI is InChI=1S/C18H19Cl2N3O2/c1-11(2)23-18(25)14-7-13(9-21-10-14)17(24)22-6-5-12-3-4-15(19)8-16(12)20/h3-4,7-11H,5-6H2,1-2H3,(H,22,24)(H,23,25). The normalized spacial score (nSPS) is 10.6. The van der Waals surface area contributed by atoms with Gasteiger partial charge in [0.2, 0.25) is 0 Å². The molecule has 2 N–H and O–H groups in total. The summed E-state index contributed by atoms with van der Waals surface area (Å²) in [4.78, 5) is 28.2. The lowest BCUT2D eigenvalue weighted by Gasteiger charge is -2.10. The van der Waals surface area contributed by atoms with Crippen molar-refractivity contribution >= 4 is 35.0 Å². The Balaban J connectivity index is 1.95. The third-order valence-electron chi connectivity index (χ3n) is 3.38. The molecule has 0 spiro atoms. The zero-order chi connectivity index (χ0) is 18.4. The Bertz CT molecular complexity index is 779. The molecule has 0 saturated heterocycles. The number of nitrogens with zero attached hydrogens (tertiary/aromatic N) is 1. The highest BCUT2D eigenvalue weighted by Gasteiger charge is 2.12. The van der Waals surface area contributed by atoms with Gasteiger partial charge in [0, 0.05) is 35.0 Å². The molecule has 0 unspecified atom stereocenters. The van der Waals surface area contributed by atoms with Gasteiger partial charge in [-0.15, -0.1) is 0 Å². The molecule has 0 aliphatic rings. The van der Waals surface area contributed by atoms with Crippen LogP contribution in [0, 0.1) is 0 Å². The van der Waals surface area contributed by atoms with Crippen LogP contribution in [0.2, 0.25) is 10.0 Å². The maximum Gasteiger partial charge on any atom is 0.253 e. The van der Waals surface area contributed by atoms with Crippen LogP contribution in [0.15, 0.2) is 36.7 Å². The number of hydrogen-bond acceptors (Lipinski definition) is 3.